The van der Waals surface area contributed by atoms with E-state index in [1.54, 1.807) is 0 Å². The zero-order valence-corrected chi connectivity index (χ0v) is 12.9. The third kappa shape index (κ3) is 3.10. The van der Waals surface area contributed by atoms with Crippen molar-refractivity contribution < 1.29 is 0 Å². The van der Waals surface area contributed by atoms with Crippen LogP contribution in [0, 0.1) is 6.92 Å². The van der Waals surface area contributed by atoms with E-state index in [4.69, 9.17) is 11.6 Å². The summed E-state index contributed by atoms with van der Waals surface area (Å²) in [6, 6.07) is 8.86. The third-order valence-electron chi connectivity index (χ3n) is 3.89. The summed E-state index contributed by atoms with van der Waals surface area (Å²) < 4.78 is 0.840. The molecule has 1 atom stereocenters. The first-order valence-electron chi connectivity index (χ1n) is 7.06. The van der Waals surface area contributed by atoms with E-state index in [0.29, 0.717) is 0 Å². The number of quaternary nitrogens is 1. The van der Waals surface area contributed by atoms with E-state index in [9.17, 15) is 0 Å². The lowest BCUT2D eigenvalue weighted by Crippen LogP contribution is -2.44. The van der Waals surface area contributed by atoms with Crippen LogP contribution in [0.5, 0.6) is 0 Å². The van der Waals surface area contributed by atoms with Gasteiger partial charge in [-0.05, 0) is 44.4 Å². The van der Waals surface area contributed by atoms with Crippen LogP contribution in [0.25, 0.3) is 0 Å². The number of nitrogens with zero attached hydrogens (tertiary/aromatic N) is 1. The lowest BCUT2D eigenvalue weighted by Gasteiger charge is -2.35. The molecule has 1 aliphatic carbocycles. The molecule has 0 saturated carbocycles. The Labute approximate surface area is 121 Å². The Morgan fingerprint density at radius 2 is 1.89 bits per heavy atom. The molecule has 1 aliphatic rings. The van der Waals surface area contributed by atoms with E-state index >= 15 is 0 Å². The second kappa shape index (κ2) is 5.94. The summed E-state index contributed by atoms with van der Waals surface area (Å²) in [6.45, 7) is 5.46. The van der Waals surface area contributed by atoms with Gasteiger partial charge in [0.2, 0.25) is 0 Å². The first-order valence-corrected chi connectivity index (χ1v) is 7.43. The molecular weight excluding hydrogens is 254 g/mol. The number of allylic oxidation sites excluding steroid dienone is 3. The minimum Gasteiger partial charge on any atom is -0.261 e. The molecule has 19 heavy (non-hydrogen) atoms. The van der Waals surface area contributed by atoms with Gasteiger partial charge in [0, 0.05) is 11.1 Å². The minimum absolute atomic E-state index is 0.840. The van der Waals surface area contributed by atoms with Crippen molar-refractivity contribution in [2.24, 2.45) is 0 Å². The number of hydrogen-bond acceptors (Lipinski definition) is 0. The second-order valence-corrected chi connectivity index (χ2v) is 5.99. The number of rotatable bonds is 4. The largest absolute Gasteiger partial charge is 0.261 e. The minimum atomic E-state index is 0.840. The number of aryl methyl sites for hydroxylation is 1. The summed E-state index contributed by atoms with van der Waals surface area (Å²) in [5, 5.41) is 0.977. The number of halogens is 1. The second-order valence-electron chi connectivity index (χ2n) is 5.51. The van der Waals surface area contributed by atoms with Gasteiger partial charge in [0.25, 0.3) is 0 Å². The molecule has 0 N–H and O–H groups in total. The molecule has 1 aromatic rings. The molecule has 0 spiro atoms. The predicted octanol–water partition coefficient (Wildman–Crippen LogP) is 5.14. The Balaban J connectivity index is 2.42. The van der Waals surface area contributed by atoms with Crippen molar-refractivity contribution in [3.8, 4) is 0 Å². The summed E-state index contributed by atoms with van der Waals surface area (Å²) in [6.07, 6.45) is 7.66. The van der Waals surface area contributed by atoms with Crippen LogP contribution >= 0.6 is 11.6 Å². The fourth-order valence-electron chi connectivity index (χ4n) is 2.72. The monoisotopic (exact) mass is 276 g/mol. The van der Waals surface area contributed by atoms with Crippen molar-refractivity contribution >= 4 is 17.3 Å². The topological polar surface area (TPSA) is 0 Å². The summed E-state index contributed by atoms with van der Waals surface area (Å²) in [4.78, 5) is 0. The quantitative estimate of drug-likeness (QED) is 0.668. The van der Waals surface area contributed by atoms with Gasteiger partial charge in [-0.1, -0.05) is 36.2 Å². The van der Waals surface area contributed by atoms with E-state index in [2.05, 4.69) is 57.3 Å². The van der Waals surface area contributed by atoms with Gasteiger partial charge >= 0.3 is 0 Å². The summed E-state index contributed by atoms with van der Waals surface area (Å²) in [5.41, 5.74) is 3.96. The molecule has 0 radical (unpaired) electrons. The van der Waals surface area contributed by atoms with Gasteiger partial charge < -0.3 is 0 Å². The average molecular weight is 277 g/mol. The molecule has 0 amide bonds. The van der Waals surface area contributed by atoms with Crippen LogP contribution in [-0.2, 0) is 0 Å². The van der Waals surface area contributed by atoms with Gasteiger partial charge in [-0.2, -0.15) is 0 Å². The maximum Gasteiger partial charge on any atom is 0.137 e. The van der Waals surface area contributed by atoms with Crippen molar-refractivity contribution in [3.63, 3.8) is 0 Å². The average Bonchev–Trinajstić information content (AvgIpc) is 2.39. The summed E-state index contributed by atoms with van der Waals surface area (Å²) >= 11 is 6.24. The Morgan fingerprint density at radius 3 is 2.47 bits per heavy atom. The standard InChI is InChI=1S/C17H23ClN/c1-4-12-19(3,16-10-8-14(2)9-11-16)17-7-5-6-15(18)13-17/h7-11,13H,4-6,12H2,1-3H3/q+1. The first-order chi connectivity index (χ1) is 9.06. The number of benzene rings is 1. The Bertz CT molecular complexity index is 498. The SMILES string of the molecule is CCC[N+](C)(C1=CCCC(Cl)=C1)c1ccc(C)cc1. The normalized spacial score (nSPS) is 18.5. The fourth-order valence-corrected chi connectivity index (χ4v) is 2.94. The third-order valence-corrected chi connectivity index (χ3v) is 4.18. The highest BCUT2D eigenvalue weighted by Crippen LogP contribution is 2.32. The van der Waals surface area contributed by atoms with Gasteiger partial charge in [-0.25, -0.2) is 0 Å². The molecule has 0 aromatic heterocycles. The van der Waals surface area contributed by atoms with E-state index in [0.717, 1.165) is 35.3 Å². The molecule has 2 rings (SSSR count). The van der Waals surface area contributed by atoms with Crippen LogP contribution in [0.4, 0.5) is 5.69 Å². The number of hydrogen-bond donors (Lipinski definition) is 0. The zero-order valence-electron chi connectivity index (χ0n) is 12.1. The van der Waals surface area contributed by atoms with Gasteiger partial charge in [-0.3, -0.25) is 4.48 Å². The van der Waals surface area contributed by atoms with E-state index in [1.807, 2.05) is 0 Å². The smallest absolute Gasteiger partial charge is 0.137 e. The highest BCUT2D eigenvalue weighted by atomic mass is 35.5. The van der Waals surface area contributed by atoms with Crippen LogP contribution in [0.3, 0.4) is 0 Å². The molecular formula is C17H23ClN+. The summed E-state index contributed by atoms with van der Waals surface area (Å²) in [5.74, 6) is 0. The molecule has 0 heterocycles. The maximum absolute atomic E-state index is 6.24. The molecule has 1 aromatic carbocycles. The molecule has 2 heteroatoms. The lowest BCUT2D eigenvalue weighted by molar-refractivity contribution is 0.414. The van der Waals surface area contributed by atoms with Crippen molar-refractivity contribution in [1.82, 2.24) is 4.48 Å². The maximum atomic E-state index is 6.24. The van der Waals surface area contributed by atoms with Crippen LogP contribution in [0.2, 0.25) is 0 Å². The molecule has 0 fully saturated rings. The Kier molecular flexibility index (Phi) is 4.49. The van der Waals surface area contributed by atoms with Crippen LogP contribution in [0.15, 0.2) is 47.1 Å². The van der Waals surface area contributed by atoms with Gasteiger partial charge in [0.15, 0.2) is 0 Å². The van der Waals surface area contributed by atoms with Gasteiger partial charge in [0.1, 0.15) is 11.4 Å². The number of likely N-dealkylation sites (N-methyl/N-ethyl adjacent to an activating group) is 1. The molecule has 0 aliphatic heterocycles. The molecule has 0 saturated heterocycles. The Morgan fingerprint density at radius 1 is 1.21 bits per heavy atom. The lowest BCUT2D eigenvalue weighted by atomic mass is 10.1. The zero-order chi connectivity index (χ0) is 13.9. The Hall–Kier alpha value is -1.05. The van der Waals surface area contributed by atoms with Crippen molar-refractivity contribution in [2.75, 3.05) is 13.6 Å². The first kappa shape index (κ1) is 14.4. The molecule has 1 unspecified atom stereocenters. The predicted molar refractivity (Wildman–Crippen MR) is 85.3 cm³/mol. The highest BCUT2D eigenvalue weighted by molar-refractivity contribution is 6.29. The van der Waals surface area contributed by atoms with Crippen LogP contribution < -0.4 is 4.48 Å². The van der Waals surface area contributed by atoms with E-state index < -0.39 is 0 Å². The molecule has 0 bridgehead atoms. The van der Waals surface area contributed by atoms with E-state index in [-0.39, 0.29) is 0 Å². The van der Waals surface area contributed by atoms with Crippen molar-refractivity contribution in [3.05, 3.63) is 52.7 Å². The molecule has 1 nitrogen and oxygen atoms in total. The van der Waals surface area contributed by atoms with Crippen molar-refractivity contribution in [1.29, 1.82) is 0 Å². The van der Waals surface area contributed by atoms with Crippen molar-refractivity contribution in [2.45, 2.75) is 33.1 Å². The van der Waals surface area contributed by atoms with Gasteiger partial charge in [0.05, 0.1) is 13.6 Å². The van der Waals surface area contributed by atoms with Gasteiger partial charge in [-0.15, -0.1) is 0 Å². The summed E-state index contributed by atoms with van der Waals surface area (Å²) in [7, 11) is 2.28. The van der Waals surface area contributed by atoms with E-state index in [1.165, 1.54) is 16.9 Å². The molecule has 102 valence electrons. The highest BCUT2D eigenvalue weighted by Gasteiger charge is 2.29. The van der Waals surface area contributed by atoms with Crippen LogP contribution in [0.1, 0.15) is 31.7 Å². The fraction of sp³-hybridized carbons (Fsp3) is 0.412. The van der Waals surface area contributed by atoms with Crippen LogP contribution in [-0.4, -0.2) is 13.6 Å².